The van der Waals surface area contributed by atoms with E-state index in [0.29, 0.717) is 17.6 Å². The molecule has 0 aliphatic carbocycles. The van der Waals surface area contributed by atoms with Crippen molar-refractivity contribution in [3.8, 4) is 11.4 Å². The minimum Gasteiger partial charge on any atom is -0.339 e. The molecule has 0 spiro atoms. The van der Waals surface area contributed by atoms with Crippen LogP contribution in [0, 0.1) is 19.8 Å². The van der Waals surface area contributed by atoms with Crippen molar-refractivity contribution in [2.75, 3.05) is 6.54 Å². The standard InChI is InChI=1S/C16H22BrN3O/c1-10(6-7-18)4-5-14-19-16(20-21-14)13-8-11(2)15(17)12(3)9-13/h8-10H,4-7,18H2,1-3H3. The first-order valence-electron chi connectivity index (χ1n) is 7.31. The van der Waals surface area contributed by atoms with Crippen molar-refractivity contribution in [3.63, 3.8) is 0 Å². The van der Waals surface area contributed by atoms with Crippen molar-refractivity contribution in [2.45, 2.75) is 40.0 Å². The number of halogens is 1. The third kappa shape index (κ3) is 4.14. The van der Waals surface area contributed by atoms with Crippen molar-refractivity contribution in [1.82, 2.24) is 10.1 Å². The van der Waals surface area contributed by atoms with Crippen LogP contribution >= 0.6 is 15.9 Å². The lowest BCUT2D eigenvalue weighted by atomic mass is 10.0. The summed E-state index contributed by atoms with van der Waals surface area (Å²) in [7, 11) is 0. The molecule has 114 valence electrons. The summed E-state index contributed by atoms with van der Waals surface area (Å²) in [5, 5.41) is 4.10. The van der Waals surface area contributed by atoms with E-state index in [0.717, 1.165) is 35.8 Å². The Kier molecular flexibility index (Phi) is 5.53. The van der Waals surface area contributed by atoms with Crippen LogP contribution in [0.2, 0.25) is 0 Å². The molecule has 0 saturated heterocycles. The zero-order valence-electron chi connectivity index (χ0n) is 12.8. The molecular formula is C16H22BrN3O. The average molecular weight is 352 g/mol. The highest BCUT2D eigenvalue weighted by Crippen LogP contribution is 2.27. The van der Waals surface area contributed by atoms with E-state index in [1.807, 2.05) is 0 Å². The lowest BCUT2D eigenvalue weighted by Crippen LogP contribution is -2.06. The molecule has 0 saturated carbocycles. The smallest absolute Gasteiger partial charge is 0.226 e. The molecule has 0 amide bonds. The lowest BCUT2D eigenvalue weighted by Gasteiger charge is -2.06. The minimum absolute atomic E-state index is 0.586. The van der Waals surface area contributed by atoms with Crippen LogP contribution in [0.3, 0.4) is 0 Å². The number of aromatic nitrogens is 2. The summed E-state index contributed by atoms with van der Waals surface area (Å²) < 4.78 is 6.48. The van der Waals surface area contributed by atoms with Crippen LogP contribution in [0.1, 0.15) is 36.8 Å². The molecule has 1 aromatic heterocycles. The Morgan fingerprint density at radius 3 is 2.52 bits per heavy atom. The summed E-state index contributed by atoms with van der Waals surface area (Å²) in [6.07, 6.45) is 2.87. The molecule has 5 heteroatoms. The van der Waals surface area contributed by atoms with Gasteiger partial charge in [-0.25, -0.2) is 0 Å². The van der Waals surface area contributed by atoms with Gasteiger partial charge in [0.05, 0.1) is 0 Å². The van der Waals surface area contributed by atoms with Crippen LogP contribution in [0.4, 0.5) is 0 Å². The van der Waals surface area contributed by atoms with Crippen molar-refractivity contribution in [1.29, 1.82) is 0 Å². The summed E-state index contributed by atoms with van der Waals surface area (Å²) >= 11 is 3.57. The normalized spacial score (nSPS) is 12.6. The van der Waals surface area contributed by atoms with Crippen LogP contribution in [-0.4, -0.2) is 16.7 Å². The second-order valence-electron chi connectivity index (χ2n) is 5.66. The Morgan fingerprint density at radius 2 is 1.90 bits per heavy atom. The Bertz CT molecular complexity index is 586. The van der Waals surface area contributed by atoms with Gasteiger partial charge in [0.2, 0.25) is 11.7 Å². The maximum atomic E-state index is 5.56. The molecular weight excluding hydrogens is 330 g/mol. The zero-order valence-corrected chi connectivity index (χ0v) is 14.4. The summed E-state index contributed by atoms with van der Waals surface area (Å²) in [4.78, 5) is 4.50. The number of rotatable bonds is 6. The number of nitrogens with two attached hydrogens (primary N) is 1. The predicted octanol–water partition coefficient (Wildman–Crippen LogP) is 4.03. The molecule has 2 rings (SSSR count). The number of nitrogens with zero attached hydrogens (tertiary/aromatic N) is 2. The van der Waals surface area contributed by atoms with Crippen LogP contribution in [0.5, 0.6) is 0 Å². The largest absolute Gasteiger partial charge is 0.339 e. The molecule has 0 aliphatic heterocycles. The van der Waals surface area contributed by atoms with Gasteiger partial charge >= 0.3 is 0 Å². The SMILES string of the molecule is Cc1cc(-c2noc(CCC(C)CCN)n2)cc(C)c1Br. The van der Waals surface area contributed by atoms with Gasteiger partial charge in [0, 0.05) is 16.5 Å². The summed E-state index contributed by atoms with van der Waals surface area (Å²) in [6, 6.07) is 4.14. The fourth-order valence-electron chi connectivity index (χ4n) is 2.35. The summed E-state index contributed by atoms with van der Waals surface area (Å²) in [6.45, 7) is 7.06. The zero-order chi connectivity index (χ0) is 15.4. The Hall–Kier alpha value is -1.20. The molecule has 2 N–H and O–H groups in total. The number of hydrogen-bond acceptors (Lipinski definition) is 4. The van der Waals surface area contributed by atoms with Crippen LogP contribution < -0.4 is 5.73 Å². The third-order valence-corrected chi connectivity index (χ3v) is 4.92. The van der Waals surface area contributed by atoms with Crippen molar-refractivity contribution in [2.24, 2.45) is 11.7 Å². The van der Waals surface area contributed by atoms with Crippen LogP contribution in [0.15, 0.2) is 21.1 Å². The fourth-order valence-corrected chi connectivity index (χ4v) is 2.58. The Morgan fingerprint density at radius 1 is 1.24 bits per heavy atom. The van der Waals surface area contributed by atoms with Gasteiger partial charge in [0.1, 0.15) is 0 Å². The lowest BCUT2D eigenvalue weighted by molar-refractivity contribution is 0.362. The highest BCUT2D eigenvalue weighted by Gasteiger charge is 2.12. The first-order valence-corrected chi connectivity index (χ1v) is 8.10. The monoisotopic (exact) mass is 351 g/mol. The highest BCUT2D eigenvalue weighted by molar-refractivity contribution is 9.10. The molecule has 4 nitrogen and oxygen atoms in total. The summed E-state index contributed by atoms with van der Waals surface area (Å²) in [5.41, 5.74) is 8.91. The second-order valence-corrected chi connectivity index (χ2v) is 6.45. The molecule has 2 aromatic rings. The second kappa shape index (κ2) is 7.18. The summed E-state index contributed by atoms with van der Waals surface area (Å²) in [5.74, 6) is 1.95. The van der Waals surface area contributed by atoms with E-state index in [1.165, 1.54) is 11.1 Å². The van der Waals surface area contributed by atoms with E-state index in [4.69, 9.17) is 10.3 Å². The molecule has 0 aliphatic rings. The van der Waals surface area contributed by atoms with Crippen molar-refractivity contribution >= 4 is 15.9 Å². The molecule has 0 bridgehead atoms. The fraction of sp³-hybridized carbons (Fsp3) is 0.500. The van der Waals surface area contributed by atoms with E-state index in [1.54, 1.807) is 0 Å². The third-order valence-electron chi connectivity index (χ3n) is 3.67. The topological polar surface area (TPSA) is 64.9 Å². The molecule has 1 heterocycles. The van der Waals surface area contributed by atoms with E-state index in [2.05, 4.69) is 59.0 Å². The number of hydrogen-bond donors (Lipinski definition) is 1. The van der Waals surface area contributed by atoms with Crippen LogP contribution in [0.25, 0.3) is 11.4 Å². The maximum Gasteiger partial charge on any atom is 0.226 e. The highest BCUT2D eigenvalue weighted by atomic mass is 79.9. The van der Waals surface area contributed by atoms with E-state index in [-0.39, 0.29) is 0 Å². The number of aryl methyl sites for hydroxylation is 3. The van der Waals surface area contributed by atoms with Gasteiger partial charge in [-0.3, -0.25) is 0 Å². The van der Waals surface area contributed by atoms with E-state index < -0.39 is 0 Å². The van der Waals surface area contributed by atoms with Gasteiger partial charge in [0.25, 0.3) is 0 Å². The maximum absolute atomic E-state index is 5.56. The average Bonchev–Trinajstić information content (AvgIpc) is 2.91. The van der Waals surface area contributed by atoms with Gasteiger partial charge in [-0.2, -0.15) is 4.98 Å². The Balaban J connectivity index is 2.09. The molecule has 0 radical (unpaired) electrons. The molecule has 21 heavy (non-hydrogen) atoms. The first-order chi connectivity index (χ1) is 10.0. The van der Waals surface area contributed by atoms with Crippen molar-refractivity contribution in [3.05, 3.63) is 33.6 Å². The van der Waals surface area contributed by atoms with Gasteiger partial charge in [-0.1, -0.05) is 28.0 Å². The molecule has 1 aromatic carbocycles. The van der Waals surface area contributed by atoms with Gasteiger partial charge in [-0.15, -0.1) is 0 Å². The quantitative estimate of drug-likeness (QED) is 0.852. The molecule has 0 fully saturated rings. The van der Waals surface area contributed by atoms with E-state index >= 15 is 0 Å². The molecule has 1 atom stereocenters. The van der Waals surface area contributed by atoms with Gasteiger partial charge < -0.3 is 10.3 Å². The predicted molar refractivity (Wildman–Crippen MR) is 88.1 cm³/mol. The van der Waals surface area contributed by atoms with Gasteiger partial charge in [0.15, 0.2) is 0 Å². The Labute approximate surface area is 134 Å². The molecule has 1 unspecified atom stereocenters. The van der Waals surface area contributed by atoms with Crippen molar-refractivity contribution < 1.29 is 4.52 Å². The van der Waals surface area contributed by atoms with Crippen LogP contribution in [-0.2, 0) is 6.42 Å². The van der Waals surface area contributed by atoms with E-state index in [9.17, 15) is 0 Å². The minimum atomic E-state index is 0.586. The van der Waals surface area contributed by atoms with Gasteiger partial charge in [-0.05, 0) is 62.4 Å². The number of benzene rings is 1. The first kappa shape index (κ1) is 16.2.